The van der Waals surface area contributed by atoms with Crippen molar-refractivity contribution in [2.24, 2.45) is 0 Å². The maximum Gasteiger partial charge on any atom is 0.335 e. The zero-order valence-electron chi connectivity index (χ0n) is 23.3. The average molecular weight is 620 g/mol. The summed E-state index contributed by atoms with van der Waals surface area (Å²) >= 11 is 7.90. The van der Waals surface area contributed by atoms with Crippen molar-refractivity contribution in [3.8, 4) is 28.3 Å². The Kier molecular flexibility index (Phi) is 9.47. The third-order valence-corrected chi connectivity index (χ3v) is 9.16. The Morgan fingerprint density at radius 3 is 2.36 bits per heavy atom. The van der Waals surface area contributed by atoms with Crippen LogP contribution in [0.15, 0.2) is 89.8 Å². The molecule has 6 rings (SSSR count). The summed E-state index contributed by atoms with van der Waals surface area (Å²) in [6.07, 6.45) is 5.90. The van der Waals surface area contributed by atoms with Crippen molar-refractivity contribution >= 4 is 52.8 Å². The maximum absolute atomic E-state index is 11.6. The second-order valence-corrected chi connectivity index (χ2v) is 11.9. The number of aromatic carboxylic acids is 1. The summed E-state index contributed by atoms with van der Waals surface area (Å²) in [5.41, 5.74) is 6.51. The zero-order chi connectivity index (χ0) is 28.3. The van der Waals surface area contributed by atoms with E-state index in [1.54, 1.807) is 31.0 Å². The van der Waals surface area contributed by atoms with Crippen LogP contribution >= 0.6 is 35.8 Å². The fourth-order valence-electron chi connectivity index (χ4n) is 5.73. The van der Waals surface area contributed by atoms with Gasteiger partial charge in [-0.25, -0.2) is 9.78 Å². The quantitative estimate of drug-likeness (QED) is 0.175. The highest BCUT2D eigenvalue weighted by Gasteiger charge is 2.23. The molecule has 0 radical (unpaired) electrons. The van der Waals surface area contributed by atoms with Crippen molar-refractivity contribution in [1.82, 2.24) is 9.55 Å². The molecule has 42 heavy (non-hydrogen) atoms. The Hall–Kier alpha value is -3.45. The van der Waals surface area contributed by atoms with Crippen molar-refractivity contribution in [1.29, 1.82) is 0 Å². The number of rotatable bonds is 8. The molecule has 1 saturated carbocycles. The first-order valence-electron chi connectivity index (χ1n) is 13.9. The van der Waals surface area contributed by atoms with Crippen LogP contribution in [0.1, 0.15) is 54.1 Å². The number of thioether (sulfide) groups is 1. The Bertz CT molecular complexity index is 1700. The van der Waals surface area contributed by atoms with Crippen molar-refractivity contribution in [3.05, 3.63) is 101 Å². The molecule has 8 heteroatoms. The van der Waals surface area contributed by atoms with Gasteiger partial charge in [0.1, 0.15) is 11.6 Å². The number of carbonyl (C=O) groups is 1. The van der Waals surface area contributed by atoms with E-state index in [9.17, 15) is 9.90 Å². The number of hydrogen-bond acceptors (Lipinski definition) is 4. The summed E-state index contributed by atoms with van der Waals surface area (Å²) in [6.45, 7) is 0. The minimum atomic E-state index is -0.933. The second kappa shape index (κ2) is 13.2. The lowest BCUT2D eigenvalue weighted by molar-refractivity contribution is 0.0697. The summed E-state index contributed by atoms with van der Waals surface area (Å²) < 4.78 is 7.86. The first-order valence-corrected chi connectivity index (χ1v) is 15.3. The van der Waals surface area contributed by atoms with E-state index in [0.717, 1.165) is 67.8 Å². The predicted molar refractivity (Wildman–Crippen MR) is 174 cm³/mol. The van der Waals surface area contributed by atoms with E-state index in [1.807, 2.05) is 36.4 Å². The summed E-state index contributed by atoms with van der Waals surface area (Å²) in [7, 11) is 1.69. The molecule has 4 aromatic carbocycles. The standard InChI is InChI=1S/C34H31ClN2O3S.ClH/c1-40-28-14-17-30(22-7-12-26(35)13-8-22)25(19-28)21-41-29-15-9-23(10-16-29)33-36-31-20-24(34(38)39)11-18-32(31)37(33)27-5-3-2-4-6-27;/h7-20,27H,2-6,21H2,1H3,(H,38,39);1H. The van der Waals surface area contributed by atoms with E-state index in [4.69, 9.17) is 21.3 Å². The number of imidazole rings is 1. The molecule has 1 N–H and O–H groups in total. The molecule has 0 bridgehead atoms. The van der Waals surface area contributed by atoms with Gasteiger partial charge in [0, 0.05) is 27.3 Å². The van der Waals surface area contributed by atoms with E-state index in [0.29, 0.717) is 6.04 Å². The van der Waals surface area contributed by atoms with Crippen LogP contribution in [0.2, 0.25) is 5.02 Å². The second-order valence-electron chi connectivity index (χ2n) is 10.4. The third-order valence-electron chi connectivity index (χ3n) is 7.85. The predicted octanol–water partition coefficient (Wildman–Crippen LogP) is 9.95. The third kappa shape index (κ3) is 6.31. The van der Waals surface area contributed by atoms with E-state index < -0.39 is 5.97 Å². The Morgan fingerprint density at radius 2 is 1.67 bits per heavy atom. The van der Waals surface area contributed by atoms with Gasteiger partial charge in [0.25, 0.3) is 0 Å². The van der Waals surface area contributed by atoms with Gasteiger partial charge in [0.05, 0.1) is 23.7 Å². The van der Waals surface area contributed by atoms with Crippen LogP contribution < -0.4 is 4.74 Å². The topological polar surface area (TPSA) is 64.3 Å². The number of benzene rings is 4. The first kappa shape index (κ1) is 30.0. The van der Waals surface area contributed by atoms with Crippen LogP contribution in [0.5, 0.6) is 5.75 Å². The Balaban J connectivity index is 0.00000353. The number of aromatic nitrogens is 2. The molecule has 0 spiro atoms. The van der Waals surface area contributed by atoms with Crippen molar-refractivity contribution < 1.29 is 14.6 Å². The number of carboxylic acids is 1. The molecule has 1 aliphatic carbocycles. The molecule has 0 atom stereocenters. The molecule has 1 aliphatic rings. The monoisotopic (exact) mass is 618 g/mol. The van der Waals surface area contributed by atoms with Crippen LogP contribution in [0.4, 0.5) is 0 Å². The van der Waals surface area contributed by atoms with Crippen LogP contribution in [-0.4, -0.2) is 27.7 Å². The number of halogens is 2. The van der Waals surface area contributed by atoms with Gasteiger partial charge < -0.3 is 14.4 Å². The van der Waals surface area contributed by atoms with Crippen LogP contribution in [0.3, 0.4) is 0 Å². The minimum absolute atomic E-state index is 0. The zero-order valence-corrected chi connectivity index (χ0v) is 25.6. The molecule has 1 aromatic heterocycles. The van der Waals surface area contributed by atoms with Gasteiger partial charge in [0.2, 0.25) is 0 Å². The summed E-state index contributed by atoms with van der Waals surface area (Å²) in [4.78, 5) is 17.7. The van der Waals surface area contributed by atoms with Crippen LogP contribution in [0, 0.1) is 0 Å². The van der Waals surface area contributed by atoms with Gasteiger partial charge in [-0.05, 0) is 84.1 Å². The Labute approximate surface area is 261 Å². The highest BCUT2D eigenvalue weighted by Crippen LogP contribution is 2.38. The van der Waals surface area contributed by atoms with Gasteiger partial charge in [0.15, 0.2) is 0 Å². The smallest absolute Gasteiger partial charge is 0.335 e. The molecular formula is C34H32Cl2N2O3S. The molecule has 0 amide bonds. The fraction of sp³-hybridized carbons (Fsp3) is 0.235. The van der Waals surface area contributed by atoms with E-state index >= 15 is 0 Å². The summed E-state index contributed by atoms with van der Waals surface area (Å²) in [5.74, 6) is 1.59. The first-order chi connectivity index (χ1) is 20.0. The number of fused-ring (bicyclic) bond motifs is 1. The fourth-order valence-corrected chi connectivity index (χ4v) is 6.75. The number of ether oxygens (including phenoxy) is 1. The number of methoxy groups -OCH3 is 1. The van der Waals surface area contributed by atoms with E-state index in [-0.39, 0.29) is 18.0 Å². The molecule has 1 fully saturated rings. The number of carboxylic acid groups (broad SMARTS) is 1. The molecule has 0 unspecified atom stereocenters. The van der Waals surface area contributed by atoms with Gasteiger partial charge in [-0.3, -0.25) is 0 Å². The molecule has 216 valence electrons. The normalized spacial score (nSPS) is 13.6. The van der Waals surface area contributed by atoms with E-state index in [1.165, 1.54) is 24.8 Å². The molecule has 0 aliphatic heterocycles. The molecule has 1 heterocycles. The number of hydrogen-bond donors (Lipinski definition) is 1. The van der Waals surface area contributed by atoms with Crippen LogP contribution in [-0.2, 0) is 5.75 Å². The SMILES string of the molecule is COc1ccc(-c2ccc(Cl)cc2)c(CSc2ccc(-c3nc4cc(C(=O)O)ccc4n3C3CCCCC3)cc2)c1.Cl. The Morgan fingerprint density at radius 1 is 0.952 bits per heavy atom. The average Bonchev–Trinajstić information content (AvgIpc) is 3.40. The van der Waals surface area contributed by atoms with Crippen LogP contribution in [0.25, 0.3) is 33.5 Å². The molecular weight excluding hydrogens is 587 g/mol. The summed E-state index contributed by atoms with van der Waals surface area (Å²) in [5, 5.41) is 10.2. The van der Waals surface area contributed by atoms with Gasteiger partial charge in [-0.1, -0.05) is 61.2 Å². The molecule has 0 saturated heterocycles. The number of nitrogens with zero attached hydrogens (tertiary/aromatic N) is 2. The lowest BCUT2D eigenvalue weighted by Gasteiger charge is -2.25. The minimum Gasteiger partial charge on any atom is -0.497 e. The van der Waals surface area contributed by atoms with Gasteiger partial charge in [-0.2, -0.15) is 0 Å². The molecule has 5 aromatic rings. The van der Waals surface area contributed by atoms with Crippen molar-refractivity contribution in [2.45, 2.75) is 48.8 Å². The van der Waals surface area contributed by atoms with Crippen molar-refractivity contribution in [2.75, 3.05) is 7.11 Å². The van der Waals surface area contributed by atoms with Gasteiger partial charge >= 0.3 is 5.97 Å². The highest BCUT2D eigenvalue weighted by atomic mass is 35.5. The largest absolute Gasteiger partial charge is 0.497 e. The lowest BCUT2D eigenvalue weighted by Crippen LogP contribution is -2.14. The van der Waals surface area contributed by atoms with Gasteiger partial charge in [-0.15, -0.1) is 24.2 Å². The highest BCUT2D eigenvalue weighted by molar-refractivity contribution is 7.98. The lowest BCUT2D eigenvalue weighted by atomic mass is 9.95. The maximum atomic E-state index is 11.6. The van der Waals surface area contributed by atoms with Crippen molar-refractivity contribution in [3.63, 3.8) is 0 Å². The summed E-state index contributed by atoms with van der Waals surface area (Å²) in [6, 6.07) is 28.3. The molecule has 5 nitrogen and oxygen atoms in total. The van der Waals surface area contributed by atoms with E-state index in [2.05, 4.69) is 41.0 Å².